The van der Waals surface area contributed by atoms with Crippen molar-refractivity contribution in [2.45, 2.75) is 25.9 Å². The Labute approximate surface area is 90.2 Å². The smallest absolute Gasteiger partial charge is 0.0632 e. The predicted molar refractivity (Wildman–Crippen MR) is 62.9 cm³/mol. The Kier molecular flexibility index (Phi) is 2.31. The molecule has 80 valence electrons. The van der Waals surface area contributed by atoms with Gasteiger partial charge in [-0.05, 0) is 31.5 Å². The molecule has 1 heterocycles. The van der Waals surface area contributed by atoms with Crippen molar-refractivity contribution in [3.05, 3.63) is 36.0 Å². The second-order valence-electron chi connectivity index (χ2n) is 4.77. The van der Waals surface area contributed by atoms with Crippen molar-refractivity contribution < 1.29 is 5.11 Å². The standard InChI is InChI=1S/C13H17NO/c1-13(2,15)9-10-5-4-6-12-11(10)7-8-14(12)3/h4-8,15H,9H2,1-3H3. The molecule has 0 unspecified atom stereocenters. The lowest BCUT2D eigenvalue weighted by Gasteiger charge is -2.17. The Morgan fingerprint density at radius 3 is 2.67 bits per heavy atom. The highest BCUT2D eigenvalue weighted by Gasteiger charge is 2.15. The monoisotopic (exact) mass is 203 g/mol. The van der Waals surface area contributed by atoms with Crippen molar-refractivity contribution in [3.63, 3.8) is 0 Å². The molecule has 0 aliphatic rings. The summed E-state index contributed by atoms with van der Waals surface area (Å²) in [4.78, 5) is 0. The lowest BCUT2D eigenvalue weighted by atomic mass is 9.96. The molecule has 0 saturated carbocycles. The van der Waals surface area contributed by atoms with E-state index in [4.69, 9.17) is 0 Å². The van der Waals surface area contributed by atoms with Crippen LogP contribution >= 0.6 is 0 Å². The molecule has 0 atom stereocenters. The Morgan fingerprint density at radius 2 is 2.00 bits per heavy atom. The van der Waals surface area contributed by atoms with Gasteiger partial charge in [0.25, 0.3) is 0 Å². The van der Waals surface area contributed by atoms with E-state index in [0.29, 0.717) is 6.42 Å². The minimum Gasteiger partial charge on any atom is -0.390 e. The van der Waals surface area contributed by atoms with Crippen LogP contribution in [0.4, 0.5) is 0 Å². The Bertz CT molecular complexity index is 477. The third-order valence-electron chi connectivity index (χ3n) is 2.64. The molecule has 15 heavy (non-hydrogen) atoms. The second-order valence-corrected chi connectivity index (χ2v) is 4.77. The zero-order chi connectivity index (χ0) is 11.1. The van der Waals surface area contributed by atoms with Gasteiger partial charge in [0.2, 0.25) is 0 Å². The third kappa shape index (κ3) is 2.05. The van der Waals surface area contributed by atoms with Gasteiger partial charge in [0, 0.05) is 30.6 Å². The minimum atomic E-state index is -0.649. The summed E-state index contributed by atoms with van der Waals surface area (Å²) in [7, 11) is 2.04. The van der Waals surface area contributed by atoms with E-state index in [0.717, 1.165) is 0 Å². The molecule has 0 bridgehead atoms. The average molecular weight is 203 g/mol. The number of hydrogen-bond donors (Lipinski definition) is 1. The van der Waals surface area contributed by atoms with Gasteiger partial charge in [-0.15, -0.1) is 0 Å². The average Bonchev–Trinajstić information content (AvgIpc) is 2.47. The molecule has 1 aromatic carbocycles. The van der Waals surface area contributed by atoms with Gasteiger partial charge in [0.1, 0.15) is 0 Å². The van der Waals surface area contributed by atoms with Crippen molar-refractivity contribution in [1.82, 2.24) is 4.57 Å². The van der Waals surface area contributed by atoms with Crippen LogP contribution in [0.25, 0.3) is 10.9 Å². The molecule has 0 aliphatic carbocycles. The first-order valence-electron chi connectivity index (χ1n) is 5.23. The van der Waals surface area contributed by atoms with Gasteiger partial charge in [-0.2, -0.15) is 0 Å². The van der Waals surface area contributed by atoms with Crippen molar-refractivity contribution in [3.8, 4) is 0 Å². The third-order valence-corrected chi connectivity index (χ3v) is 2.64. The minimum absolute atomic E-state index is 0.649. The van der Waals surface area contributed by atoms with E-state index in [2.05, 4.69) is 29.0 Å². The first-order valence-corrected chi connectivity index (χ1v) is 5.23. The highest BCUT2D eigenvalue weighted by Crippen LogP contribution is 2.23. The van der Waals surface area contributed by atoms with Gasteiger partial charge >= 0.3 is 0 Å². The summed E-state index contributed by atoms with van der Waals surface area (Å²) < 4.78 is 2.10. The fourth-order valence-corrected chi connectivity index (χ4v) is 1.99. The van der Waals surface area contributed by atoms with E-state index in [1.807, 2.05) is 27.0 Å². The molecule has 2 aromatic rings. The topological polar surface area (TPSA) is 25.2 Å². The van der Waals surface area contributed by atoms with Gasteiger partial charge in [-0.3, -0.25) is 0 Å². The number of nitrogens with zero attached hydrogens (tertiary/aromatic N) is 1. The van der Waals surface area contributed by atoms with Crippen LogP contribution in [0.1, 0.15) is 19.4 Å². The lowest BCUT2D eigenvalue weighted by molar-refractivity contribution is 0.0813. The molecule has 0 radical (unpaired) electrons. The van der Waals surface area contributed by atoms with Gasteiger partial charge in [-0.1, -0.05) is 12.1 Å². The number of hydrogen-bond acceptors (Lipinski definition) is 1. The summed E-state index contributed by atoms with van der Waals surface area (Å²) in [6.07, 6.45) is 2.74. The molecule has 1 N–H and O–H groups in total. The van der Waals surface area contributed by atoms with Crippen LogP contribution in [0.15, 0.2) is 30.5 Å². The van der Waals surface area contributed by atoms with E-state index in [-0.39, 0.29) is 0 Å². The SMILES string of the molecule is Cn1ccc2c(CC(C)(C)O)cccc21. The van der Waals surface area contributed by atoms with Gasteiger partial charge in [0.05, 0.1) is 5.60 Å². The molecule has 0 aliphatic heterocycles. The zero-order valence-electron chi connectivity index (χ0n) is 9.49. The van der Waals surface area contributed by atoms with E-state index in [1.54, 1.807) is 0 Å². The summed E-state index contributed by atoms with van der Waals surface area (Å²) in [6, 6.07) is 8.34. The predicted octanol–water partition coefficient (Wildman–Crippen LogP) is 2.49. The summed E-state index contributed by atoms with van der Waals surface area (Å²) >= 11 is 0. The van der Waals surface area contributed by atoms with Crippen molar-refractivity contribution >= 4 is 10.9 Å². The summed E-state index contributed by atoms with van der Waals surface area (Å²) in [6.45, 7) is 3.68. The number of aryl methyl sites for hydroxylation is 1. The largest absolute Gasteiger partial charge is 0.390 e. The molecule has 2 rings (SSSR count). The molecule has 0 fully saturated rings. The normalized spacial score (nSPS) is 12.3. The number of aliphatic hydroxyl groups is 1. The van der Waals surface area contributed by atoms with Crippen molar-refractivity contribution in [1.29, 1.82) is 0 Å². The maximum atomic E-state index is 9.83. The number of fused-ring (bicyclic) bond motifs is 1. The summed E-state index contributed by atoms with van der Waals surface area (Å²) in [5.41, 5.74) is 1.78. The number of rotatable bonds is 2. The zero-order valence-corrected chi connectivity index (χ0v) is 9.49. The molecule has 2 nitrogen and oxygen atoms in total. The van der Waals surface area contributed by atoms with Crippen LogP contribution in [0.2, 0.25) is 0 Å². The second kappa shape index (κ2) is 3.38. The molecular formula is C13H17NO. The van der Waals surface area contributed by atoms with Crippen molar-refractivity contribution in [2.75, 3.05) is 0 Å². The molecule has 0 amide bonds. The summed E-state index contributed by atoms with van der Waals surface area (Å²) in [5, 5.41) is 11.1. The maximum Gasteiger partial charge on any atom is 0.0632 e. The van der Waals surface area contributed by atoms with Crippen molar-refractivity contribution in [2.24, 2.45) is 7.05 Å². The fourth-order valence-electron chi connectivity index (χ4n) is 1.99. The van der Waals surface area contributed by atoms with E-state index < -0.39 is 5.60 Å². The van der Waals surface area contributed by atoms with Crippen LogP contribution < -0.4 is 0 Å². The molecule has 2 heteroatoms. The highest BCUT2D eigenvalue weighted by atomic mass is 16.3. The Balaban J connectivity index is 2.52. The first-order chi connectivity index (χ1) is 6.97. The quantitative estimate of drug-likeness (QED) is 0.797. The highest BCUT2D eigenvalue weighted by molar-refractivity contribution is 5.83. The van der Waals surface area contributed by atoms with Crippen LogP contribution in [0, 0.1) is 0 Å². The van der Waals surface area contributed by atoms with Crippen LogP contribution in [0.3, 0.4) is 0 Å². The Morgan fingerprint density at radius 1 is 1.27 bits per heavy atom. The first kappa shape index (κ1) is 10.2. The molecule has 0 saturated heterocycles. The fraction of sp³-hybridized carbons (Fsp3) is 0.385. The lowest BCUT2D eigenvalue weighted by Crippen LogP contribution is -2.21. The maximum absolute atomic E-state index is 9.83. The van der Waals surface area contributed by atoms with E-state index >= 15 is 0 Å². The molecule has 0 spiro atoms. The van der Waals surface area contributed by atoms with Crippen LogP contribution in [0.5, 0.6) is 0 Å². The van der Waals surface area contributed by atoms with Crippen LogP contribution in [-0.4, -0.2) is 15.3 Å². The van der Waals surface area contributed by atoms with Gasteiger partial charge < -0.3 is 9.67 Å². The van der Waals surface area contributed by atoms with E-state index in [1.165, 1.54) is 16.5 Å². The van der Waals surface area contributed by atoms with Gasteiger partial charge in [0.15, 0.2) is 0 Å². The number of aromatic nitrogens is 1. The Hall–Kier alpha value is -1.28. The van der Waals surface area contributed by atoms with Gasteiger partial charge in [-0.25, -0.2) is 0 Å². The molecule has 1 aromatic heterocycles. The van der Waals surface area contributed by atoms with E-state index in [9.17, 15) is 5.11 Å². The number of benzene rings is 1. The van der Waals surface area contributed by atoms with Crippen LogP contribution in [-0.2, 0) is 13.5 Å². The molecular weight excluding hydrogens is 186 g/mol. The summed E-state index contributed by atoms with van der Waals surface area (Å²) in [5.74, 6) is 0.